The van der Waals surface area contributed by atoms with Gasteiger partial charge < -0.3 is 25.1 Å². The standard InChI is InChI=1S/C14H18N4O6S/c1-6(2)22-14(21)24-8-3-7(5-19)23-11(8)18-10-9(25-13(18)20)4-16-12(15)17-10/h4,6-8,11,19H,3,5H2,1-2H3,(H2,15,16,17)/t7-,8+,11+/m0/s1. The highest BCUT2D eigenvalue weighted by molar-refractivity contribution is 7.16. The number of hydrogen-bond acceptors (Lipinski definition) is 10. The molecule has 3 N–H and O–H groups in total. The van der Waals surface area contributed by atoms with Gasteiger partial charge in [0.2, 0.25) is 5.95 Å². The number of hydrogen-bond donors (Lipinski definition) is 2. The summed E-state index contributed by atoms with van der Waals surface area (Å²) in [4.78, 5) is 31.8. The number of nitrogen functional groups attached to an aromatic ring is 1. The fourth-order valence-corrected chi connectivity index (χ4v) is 3.40. The number of thiazole rings is 1. The summed E-state index contributed by atoms with van der Waals surface area (Å²) >= 11 is 0.927. The first-order chi connectivity index (χ1) is 11.9. The van der Waals surface area contributed by atoms with Gasteiger partial charge in [-0.05, 0) is 13.8 Å². The zero-order valence-corrected chi connectivity index (χ0v) is 14.4. The molecule has 0 bridgehead atoms. The maximum atomic E-state index is 12.4. The molecule has 0 unspecified atom stereocenters. The van der Waals surface area contributed by atoms with E-state index in [-0.39, 0.29) is 35.6 Å². The first-order valence-electron chi connectivity index (χ1n) is 7.66. The second-order valence-corrected chi connectivity index (χ2v) is 6.79. The number of carbonyl (C=O) groups is 1. The van der Waals surface area contributed by atoms with Crippen LogP contribution in [0, 0.1) is 0 Å². The van der Waals surface area contributed by atoms with Gasteiger partial charge in [0.1, 0.15) is 0 Å². The summed E-state index contributed by atoms with van der Waals surface area (Å²) in [7, 11) is 0. The molecule has 136 valence electrons. The Kier molecular flexibility index (Phi) is 4.88. The molecule has 0 radical (unpaired) electrons. The average molecular weight is 370 g/mol. The van der Waals surface area contributed by atoms with E-state index in [0.29, 0.717) is 4.70 Å². The molecule has 2 aromatic rings. The van der Waals surface area contributed by atoms with E-state index in [1.54, 1.807) is 13.8 Å². The van der Waals surface area contributed by atoms with E-state index < -0.39 is 24.6 Å². The Morgan fingerprint density at radius 2 is 2.36 bits per heavy atom. The number of aliphatic hydroxyl groups excluding tert-OH is 1. The Bertz CT molecular complexity index is 834. The molecule has 2 aromatic heterocycles. The van der Waals surface area contributed by atoms with E-state index in [1.165, 1.54) is 10.8 Å². The number of nitrogens with zero attached hydrogens (tertiary/aromatic N) is 3. The van der Waals surface area contributed by atoms with Crippen LogP contribution in [0.3, 0.4) is 0 Å². The molecule has 0 saturated carbocycles. The number of rotatable bonds is 4. The Morgan fingerprint density at radius 3 is 3.04 bits per heavy atom. The van der Waals surface area contributed by atoms with E-state index in [1.807, 2.05) is 0 Å². The maximum absolute atomic E-state index is 12.4. The molecular formula is C14H18N4O6S. The lowest BCUT2D eigenvalue weighted by molar-refractivity contribution is -0.0665. The van der Waals surface area contributed by atoms with Crippen molar-refractivity contribution in [2.75, 3.05) is 12.3 Å². The minimum absolute atomic E-state index is 0.00689. The quantitative estimate of drug-likeness (QED) is 0.742. The third-order valence-corrected chi connectivity index (χ3v) is 4.44. The van der Waals surface area contributed by atoms with Crippen molar-refractivity contribution in [3.63, 3.8) is 0 Å². The Balaban J connectivity index is 1.95. The molecule has 25 heavy (non-hydrogen) atoms. The first kappa shape index (κ1) is 17.6. The molecule has 3 heterocycles. The molecule has 1 saturated heterocycles. The minimum Gasteiger partial charge on any atom is -0.432 e. The molecule has 0 spiro atoms. The summed E-state index contributed by atoms with van der Waals surface area (Å²) in [6.45, 7) is 3.11. The van der Waals surface area contributed by atoms with Gasteiger partial charge in [0.15, 0.2) is 18.0 Å². The smallest absolute Gasteiger partial charge is 0.432 e. The van der Waals surface area contributed by atoms with Crippen molar-refractivity contribution in [3.05, 3.63) is 15.9 Å². The molecule has 11 heteroatoms. The summed E-state index contributed by atoms with van der Waals surface area (Å²) in [5.41, 5.74) is 5.89. The van der Waals surface area contributed by atoms with Crippen LogP contribution in [0.15, 0.2) is 11.0 Å². The van der Waals surface area contributed by atoms with Gasteiger partial charge in [0.25, 0.3) is 0 Å². The third-order valence-electron chi connectivity index (χ3n) is 3.56. The van der Waals surface area contributed by atoms with Crippen molar-refractivity contribution >= 4 is 33.8 Å². The summed E-state index contributed by atoms with van der Waals surface area (Å²) in [6, 6.07) is 0. The molecule has 0 aliphatic carbocycles. The van der Waals surface area contributed by atoms with Crippen LogP contribution in [-0.4, -0.2) is 50.7 Å². The van der Waals surface area contributed by atoms with E-state index in [4.69, 9.17) is 19.9 Å². The summed E-state index contributed by atoms with van der Waals surface area (Å²) in [5.74, 6) is 0.00689. The number of aromatic nitrogens is 3. The van der Waals surface area contributed by atoms with Crippen molar-refractivity contribution in [2.45, 2.75) is 44.8 Å². The lowest BCUT2D eigenvalue weighted by Crippen LogP contribution is -2.31. The average Bonchev–Trinajstić information content (AvgIpc) is 3.05. The zero-order valence-electron chi connectivity index (χ0n) is 13.6. The maximum Gasteiger partial charge on any atom is 0.508 e. The molecule has 0 aromatic carbocycles. The van der Waals surface area contributed by atoms with Crippen LogP contribution in [-0.2, 0) is 14.2 Å². The predicted molar refractivity (Wildman–Crippen MR) is 88.2 cm³/mol. The van der Waals surface area contributed by atoms with Crippen LogP contribution in [0.2, 0.25) is 0 Å². The third kappa shape index (κ3) is 3.57. The summed E-state index contributed by atoms with van der Waals surface area (Å²) in [6.07, 6.45) is -1.88. The van der Waals surface area contributed by atoms with Gasteiger partial charge in [-0.1, -0.05) is 11.3 Å². The second kappa shape index (κ2) is 6.94. The molecule has 0 amide bonds. The fraction of sp³-hybridized carbons (Fsp3) is 0.571. The van der Waals surface area contributed by atoms with E-state index in [2.05, 4.69) is 9.97 Å². The Hall–Kier alpha value is -2.24. The van der Waals surface area contributed by atoms with E-state index in [0.717, 1.165) is 11.3 Å². The summed E-state index contributed by atoms with van der Waals surface area (Å²) < 4.78 is 17.8. The lowest BCUT2D eigenvalue weighted by Gasteiger charge is -2.20. The van der Waals surface area contributed by atoms with Crippen LogP contribution in [0.5, 0.6) is 0 Å². The van der Waals surface area contributed by atoms with Crippen molar-refractivity contribution < 1.29 is 24.1 Å². The van der Waals surface area contributed by atoms with Gasteiger partial charge in [-0.3, -0.25) is 9.36 Å². The second-order valence-electron chi connectivity index (χ2n) is 5.79. The molecule has 10 nitrogen and oxygen atoms in total. The van der Waals surface area contributed by atoms with Crippen molar-refractivity contribution in [1.29, 1.82) is 0 Å². The number of fused-ring (bicyclic) bond motifs is 1. The monoisotopic (exact) mass is 370 g/mol. The SMILES string of the molecule is CC(C)OC(=O)O[C@@H]1C[C@@H](CO)O[C@H]1n1c(=O)sc2cnc(N)nc21. The Morgan fingerprint density at radius 1 is 1.60 bits per heavy atom. The number of aliphatic hydroxyl groups is 1. The topological polar surface area (TPSA) is 139 Å². The van der Waals surface area contributed by atoms with E-state index in [9.17, 15) is 14.7 Å². The van der Waals surface area contributed by atoms with Crippen LogP contribution >= 0.6 is 11.3 Å². The van der Waals surface area contributed by atoms with Crippen molar-refractivity contribution in [2.24, 2.45) is 0 Å². The van der Waals surface area contributed by atoms with Crippen LogP contribution in [0.4, 0.5) is 10.7 Å². The largest absolute Gasteiger partial charge is 0.508 e. The van der Waals surface area contributed by atoms with Crippen LogP contribution < -0.4 is 10.6 Å². The fourth-order valence-electron chi connectivity index (χ4n) is 2.58. The highest BCUT2D eigenvalue weighted by Crippen LogP contribution is 2.33. The van der Waals surface area contributed by atoms with Gasteiger partial charge in [-0.25, -0.2) is 9.78 Å². The van der Waals surface area contributed by atoms with Crippen LogP contribution in [0.25, 0.3) is 10.3 Å². The van der Waals surface area contributed by atoms with Gasteiger partial charge >= 0.3 is 11.0 Å². The zero-order chi connectivity index (χ0) is 18.1. The van der Waals surface area contributed by atoms with E-state index >= 15 is 0 Å². The van der Waals surface area contributed by atoms with Gasteiger partial charge in [-0.15, -0.1) is 0 Å². The summed E-state index contributed by atoms with van der Waals surface area (Å²) in [5, 5.41) is 9.38. The highest BCUT2D eigenvalue weighted by Gasteiger charge is 2.41. The van der Waals surface area contributed by atoms with Crippen LogP contribution in [0.1, 0.15) is 26.5 Å². The van der Waals surface area contributed by atoms with Crippen molar-refractivity contribution in [1.82, 2.24) is 14.5 Å². The highest BCUT2D eigenvalue weighted by atomic mass is 32.1. The van der Waals surface area contributed by atoms with Crippen molar-refractivity contribution in [3.8, 4) is 0 Å². The number of carbonyl (C=O) groups excluding carboxylic acids is 1. The molecule has 1 fully saturated rings. The van der Waals surface area contributed by atoms with Gasteiger partial charge in [0, 0.05) is 6.42 Å². The van der Waals surface area contributed by atoms with Gasteiger partial charge in [-0.2, -0.15) is 4.98 Å². The number of anilines is 1. The Labute approximate surface area is 146 Å². The predicted octanol–water partition coefficient (Wildman–Crippen LogP) is 0.645. The number of nitrogens with two attached hydrogens (primary N) is 1. The molecule has 1 aliphatic rings. The molecule has 1 aliphatic heterocycles. The molecule has 3 atom stereocenters. The normalized spacial score (nSPS) is 23.3. The lowest BCUT2D eigenvalue weighted by atomic mass is 10.2. The molecular weight excluding hydrogens is 352 g/mol. The van der Waals surface area contributed by atoms with Gasteiger partial charge in [0.05, 0.1) is 29.7 Å². The molecule has 3 rings (SSSR count). The number of ether oxygens (including phenoxy) is 3. The first-order valence-corrected chi connectivity index (χ1v) is 8.47. The minimum atomic E-state index is -0.938.